The summed E-state index contributed by atoms with van der Waals surface area (Å²) in [4.78, 5) is -0.0421. The molecule has 1 nitrogen and oxygen atoms in total. The van der Waals surface area contributed by atoms with Gasteiger partial charge in [-0.3, -0.25) is 0 Å². The van der Waals surface area contributed by atoms with Crippen LogP contribution in [-0.2, 0) is 11.8 Å². The monoisotopic (exact) mass is 321 g/mol. The summed E-state index contributed by atoms with van der Waals surface area (Å²) in [7, 11) is 0. The predicted octanol–water partition coefficient (Wildman–Crippen LogP) is 4.70. The zero-order valence-corrected chi connectivity index (χ0v) is 11.2. The van der Waals surface area contributed by atoms with Gasteiger partial charge < -0.3 is 5.73 Å². The van der Waals surface area contributed by atoms with E-state index in [2.05, 4.69) is 0 Å². The van der Waals surface area contributed by atoms with Gasteiger partial charge in [0.05, 0.1) is 0 Å². The van der Waals surface area contributed by atoms with Crippen LogP contribution in [0, 0.1) is 0 Å². The second-order valence-corrected chi connectivity index (χ2v) is 5.09. The van der Waals surface area contributed by atoms with Gasteiger partial charge in [-0.2, -0.15) is 8.78 Å². The fraction of sp³-hybridized carbons (Fsp3) is 0.400. The first-order valence-electron chi connectivity index (χ1n) is 4.70. The number of halogens is 6. The van der Waals surface area contributed by atoms with Crippen molar-refractivity contribution in [3.8, 4) is 0 Å². The van der Waals surface area contributed by atoms with Gasteiger partial charge in [-0.05, 0) is 35.0 Å². The summed E-state index contributed by atoms with van der Waals surface area (Å²) in [5.41, 5.74) is 6.36. The molecule has 8 heteroatoms. The largest absolute Gasteiger partial charge is 0.399 e. The Morgan fingerprint density at radius 2 is 1.61 bits per heavy atom. The maximum Gasteiger partial charge on any atom is 0.357 e. The van der Waals surface area contributed by atoms with Gasteiger partial charge in [-0.25, -0.2) is 8.78 Å². The molecule has 2 N–H and O–H groups in total. The normalized spacial score (nSPS) is 12.2. The molecule has 0 amide bonds. The highest BCUT2D eigenvalue weighted by Gasteiger charge is 2.43. The summed E-state index contributed by atoms with van der Waals surface area (Å²) in [6.07, 6.45) is -3.77. The van der Waals surface area contributed by atoms with Crippen LogP contribution in [0.25, 0.3) is 0 Å². The van der Waals surface area contributed by atoms with Crippen molar-refractivity contribution in [3.63, 3.8) is 0 Å². The summed E-state index contributed by atoms with van der Waals surface area (Å²) >= 11 is 11.0. The minimum absolute atomic E-state index is 0.0421. The van der Waals surface area contributed by atoms with Crippen LogP contribution in [0.4, 0.5) is 23.2 Å². The third-order valence-corrected chi connectivity index (χ3v) is 3.80. The zero-order valence-electron chi connectivity index (χ0n) is 8.90. The van der Waals surface area contributed by atoms with Crippen molar-refractivity contribution in [2.75, 3.05) is 5.73 Å². The molecule has 0 aliphatic rings. The topological polar surface area (TPSA) is 26.0 Å². The second-order valence-electron chi connectivity index (χ2n) is 3.40. The lowest BCUT2D eigenvalue weighted by Crippen LogP contribution is -2.22. The average molecular weight is 322 g/mol. The third kappa shape index (κ3) is 3.59. The van der Waals surface area contributed by atoms with Crippen LogP contribution in [0.3, 0.4) is 0 Å². The van der Waals surface area contributed by atoms with E-state index >= 15 is 0 Å². The maximum absolute atomic E-state index is 13.1. The number of hydrogen-bond donors (Lipinski definition) is 1. The van der Waals surface area contributed by atoms with Gasteiger partial charge in [-0.1, -0.05) is 0 Å². The number of alkyl halides is 6. The van der Waals surface area contributed by atoms with Gasteiger partial charge in [0.1, 0.15) is 0 Å². The van der Waals surface area contributed by atoms with E-state index < -0.39 is 11.7 Å². The summed E-state index contributed by atoms with van der Waals surface area (Å²) in [6.45, 7) is 0. The van der Waals surface area contributed by atoms with Crippen LogP contribution in [0.15, 0.2) is 17.0 Å². The number of thioether (sulfide) groups is 1. The van der Waals surface area contributed by atoms with E-state index in [1.54, 1.807) is 0 Å². The third-order valence-electron chi connectivity index (χ3n) is 2.05. The van der Waals surface area contributed by atoms with E-state index in [0.29, 0.717) is 5.69 Å². The van der Waals surface area contributed by atoms with Crippen molar-refractivity contribution in [1.29, 1.82) is 0 Å². The van der Waals surface area contributed by atoms with Gasteiger partial charge in [0.25, 0.3) is 0 Å². The van der Waals surface area contributed by atoms with E-state index in [4.69, 9.17) is 28.9 Å². The van der Waals surface area contributed by atoms with Crippen LogP contribution in [0.1, 0.15) is 11.1 Å². The second kappa shape index (κ2) is 6.21. The lowest BCUT2D eigenvalue weighted by molar-refractivity contribution is -0.0564. The molecule has 0 heterocycles. The number of rotatable bonds is 5. The zero-order chi connectivity index (χ0) is 13.9. The van der Waals surface area contributed by atoms with Crippen molar-refractivity contribution in [1.82, 2.24) is 0 Å². The van der Waals surface area contributed by atoms with Crippen LogP contribution in [0.5, 0.6) is 0 Å². The van der Waals surface area contributed by atoms with E-state index in [9.17, 15) is 17.6 Å². The highest BCUT2D eigenvalue weighted by Crippen LogP contribution is 2.44. The van der Waals surface area contributed by atoms with E-state index in [1.807, 2.05) is 0 Å². The molecule has 102 valence electrons. The molecule has 1 rings (SSSR count). The highest BCUT2D eigenvalue weighted by molar-refractivity contribution is 8.00. The Morgan fingerprint density at radius 1 is 1.17 bits per heavy atom. The Labute approximate surface area is 116 Å². The van der Waals surface area contributed by atoms with E-state index in [0.717, 1.165) is 0 Å². The van der Waals surface area contributed by atoms with Gasteiger partial charge in [0, 0.05) is 22.3 Å². The fourth-order valence-corrected chi connectivity index (χ4v) is 2.76. The lowest BCUT2D eigenvalue weighted by Gasteiger charge is -2.19. The molecule has 1 aromatic carbocycles. The van der Waals surface area contributed by atoms with Crippen LogP contribution >= 0.6 is 35.0 Å². The first kappa shape index (κ1) is 15.7. The number of nitrogens with two attached hydrogens (primary N) is 1. The van der Waals surface area contributed by atoms with Gasteiger partial charge >= 0.3 is 11.7 Å². The molecule has 1 aromatic rings. The molecule has 0 unspecified atom stereocenters. The van der Waals surface area contributed by atoms with Crippen LogP contribution in [0.2, 0.25) is 0 Å². The van der Waals surface area contributed by atoms with Crippen molar-refractivity contribution in [2.24, 2.45) is 0 Å². The molecule has 0 saturated heterocycles. The van der Waals surface area contributed by atoms with Crippen LogP contribution in [-0.4, -0.2) is 11.7 Å². The number of nitrogen functional groups attached to an aromatic ring is 1. The molecular weight excluding hydrogens is 313 g/mol. The molecule has 0 spiro atoms. The quantitative estimate of drug-likeness (QED) is 0.368. The Kier molecular flexibility index (Phi) is 5.43. The van der Waals surface area contributed by atoms with Gasteiger partial charge in [0.15, 0.2) is 0 Å². The van der Waals surface area contributed by atoms with E-state index in [1.165, 1.54) is 12.1 Å². The molecule has 0 radical (unpaired) electrons. The van der Waals surface area contributed by atoms with Crippen molar-refractivity contribution >= 4 is 40.7 Å². The molecule has 18 heavy (non-hydrogen) atoms. The summed E-state index contributed by atoms with van der Waals surface area (Å²) in [6, 6.07) is 2.74. The average Bonchev–Trinajstić information content (AvgIpc) is 2.30. The number of benzene rings is 1. The Balaban J connectivity index is 3.22. The smallest absolute Gasteiger partial charge is 0.357 e. The van der Waals surface area contributed by atoms with Crippen molar-refractivity contribution in [3.05, 3.63) is 23.3 Å². The lowest BCUT2D eigenvalue weighted by atomic mass is 10.1. The molecule has 0 aromatic heterocycles. The van der Waals surface area contributed by atoms with E-state index in [-0.39, 0.29) is 39.5 Å². The van der Waals surface area contributed by atoms with Gasteiger partial charge in [0.2, 0.25) is 0 Å². The highest BCUT2D eigenvalue weighted by atomic mass is 35.5. The standard InChI is InChI=1S/C10H9Cl2F4NS/c11-3-5-1-7(17)2-6(4-12)8(5)18-10(15,16)9(13)14/h1-2,9H,3-4,17H2. The van der Waals surface area contributed by atoms with Crippen LogP contribution < -0.4 is 5.73 Å². The molecule has 0 bridgehead atoms. The summed E-state index contributed by atoms with van der Waals surface area (Å²) in [5.74, 6) is -0.229. The molecule has 0 fully saturated rings. The van der Waals surface area contributed by atoms with Gasteiger partial charge in [-0.15, -0.1) is 23.2 Å². The maximum atomic E-state index is 13.1. The first-order chi connectivity index (χ1) is 8.31. The predicted molar refractivity (Wildman–Crippen MR) is 66.8 cm³/mol. The molecule has 0 saturated carbocycles. The minimum atomic E-state index is -4.20. The molecule has 0 atom stereocenters. The SMILES string of the molecule is Nc1cc(CCl)c(SC(F)(F)C(F)F)c(CCl)c1. The molecular formula is C10H9Cl2F4NS. The first-order valence-corrected chi connectivity index (χ1v) is 6.58. The Bertz CT molecular complexity index is 403. The fourth-order valence-electron chi connectivity index (χ4n) is 1.29. The molecule has 0 aliphatic carbocycles. The summed E-state index contributed by atoms with van der Waals surface area (Å²) < 4.78 is 50.5. The van der Waals surface area contributed by atoms with Crippen molar-refractivity contribution in [2.45, 2.75) is 28.3 Å². The summed E-state index contributed by atoms with van der Waals surface area (Å²) in [5, 5.41) is -4.20. The Hall–Kier alpha value is -0.330. The van der Waals surface area contributed by atoms with Crippen molar-refractivity contribution < 1.29 is 17.6 Å². The number of hydrogen-bond acceptors (Lipinski definition) is 2. The molecule has 0 aliphatic heterocycles. The minimum Gasteiger partial charge on any atom is -0.399 e. The Morgan fingerprint density at radius 3 is 1.94 bits per heavy atom. The number of anilines is 1.